The molecule has 0 aliphatic heterocycles. The second-order valence-electron chi connectivity index (χ2n) is 9.30. The van der Waals surface area contributed by atoms with Crippen LogP contribution >= 0.6 is 22.7 Å². The Bertz CT molecular complexity index is 2020. The number of allylic oxidation sites excluding steroid dienone is 2. The summed E-state index contributed by atoms with van der Waals surface area (Å²) < 4.78 is 5.44. The van der Waals surface area contributed by atoms with Crippen LogP contribution in [0.25, 0.3) is 62.7 Å². The van der Waals surface area contributed by atoms with Gasteiger partial charge in [-0.25, -0.2) is 0 Å². The normalized spacial score (nSPS) is 11.4. The van der Waals surface area contributed by atoms with Gasteiger partial charge < -0.3 is 10.1 Å². The second-order valence-corrected chi connectivity index (χ2v) is 11.4. The summed E-state index contributed by atoms with van der Waals surface area (Å²) in [6, 6.07) is 35.6. The summed E-state index contributed by atoms with van der Waals surface area (Å²) in [7, 11) is 0. The Balaban J connectivity index is 0.000000362. The number of nitrogens with zero attached hydrogens (tertiary/aromatic N) is 1. The zero-order chi connectivity index (χ0) is 26.9. The summed E-state index contributed by atoms with van der Waals surface area (Å²) in [5.41, 5.74) is 4.43. The van der Waals surface area contributed by atoms with Crippen LogP contribution in [0.2, 0.25) is 0 Å². The Morgan fingerprint density at radius 3 is 2.17 bits per heavy atom. The fourth-order valence-electron chi connectivity index (χ4n) is 4.89. The second kappa shape index (κ2) is 11.8. The van der Waals surface area contributed by atoms with Gasteiger partial charge in [0.25, 0.3) is 0 Å². The van der Waals surface area contributed by atoms with E-state index in [4.69, 9.17) is 5.11 Å². The third-order valence-electron chi connectivity index (χ3n) is 6.46. The molecule has 7 rings (SSSR count). The molecule has 3 heterocycles. The van der Waals surface area contributed by atoms with Crippen LogP contribution in [0.4, 0.5) is 0 Å². The van der Waals surface area contributed by atoms with Crippen molar-refractivity contribution in [2.75, 3.05) is 0 Å². The predicted octanol–water partition coefficient (Wildman–Crippen LogP) is 9.99. The largest absolute Gasteiger partial charge is 0.512 e. The molecule has 0 spiro atoms. The molecule has 1 radical (unpaired) electrons. The van der Waals surface area contributed by atoms with Crippen molar-refractivity contribution >= 4 is 68.8 Å². The Kier molecular flexibility index (Phi) is 8.24. The summed E-state index contributed by atoms with van der Waals surface area (Å²) in [6.45, 7) is 2.85. The summed E-state index contributed by atoms with van der Waals surface area (Å²) in [4.78, 5) is 14.7. The van der Waals surface area contributed by atoms with Gasteiger partial charge >= 0.3 is 0 Å². The van der Waals surface area contributed by atoms with Gasteiger partial charge in [0, 0.05) is 63.3 Å². The number of aliphatic hydroxyl groups is 1. The first kappa shape index (κ1) is 27.9. The monoisotopic (exact) mass is 735 g/mol. The number of aromatic nitrogens is 1. The summed E-state index contributed by atoms with van der Waals surface area (Å²) in [6.07, 6.45) is 3.09. The van der Waals surface area contributed by atoms with E-state index >= 15 is 0 Å². The molecule has 0 atom stereocenters. The van der Waals surface area contributed by atoms with Gasteiger partial charge in [0.05, 0.1) is 15.2 Å². The molecular formula is C34H24IrNO2S2-. The number of pyridine rings is 1. The molecule has 199 valence electrons. The number of thiophene rings is 2. The quantitative estimate of drug-likeness (QED) is 0.112. The summed E-state index contributed by atoms with van der Waals surface area (Å²) in [5, 5.41) is 13.7. The summed E-state index contributed by atoms with van der Waals surface area (Å²) in [5.74, 6) is -0.0625. The number of fused-ring (bicyclic) bond motifs is 7. The number of hydrogen-bond donors (Lipinski definition) is 1. The van der Waals surface area contributed by atoms with Gasteiger partial charge in [0.1, 0.15) is 0 Å². The van der Waals surface area contributed by atoms with E-state index in [1.165, 1.54) is 71.4 Å². The van der Waals surface area contributed by atoms with Crippen molar-refractivity contribution in [1.29, 1.82) is 0 Å². The van der Waals surface area contributed by atoms with Crippen LogP contribution in [0.3, 0.4) is 0 Å². The topological polar surface area (TPSA) is 50.2 Å². The van der Waals surface area contributed by atoms with E-state index in [0.717, 1.165) is 11.3 Å². The number of carbonyl (C=O) groups excluding carboxylic acids is 1. The Labute approximate surface area is 253 Å². The first-order valence-electron chi connectivity index (χ1n) is 12.6. The number of ketones is 1. The number of carbonyl (C=O) groups is 1. The van der Waals surface area contributed by atoms with Gasteiger partial charge in [-0.1, -0.05) is 42.5 Å². The molecule has 3 aromatic heterocycles. The molecule has 0 aliphatic carbocycles. The van der Waals surface area contributed by atoms with Crippen molar-refractivity contribution in [3.63, 3.8) is 0 Å². The molecule has 6 heteroatoms. The molecule has 0 amide bonds. The maximum absolute atomic E-state index is 10.0. The van der Waals surface area contributed by atoms with E-state index in [-0.39, 0.29) is 31.6 Å². The minimum Gasteiger partial charge on any atom is -0.512 e. The molecule has 0 bridgehead atoms. The first-order chi connectivity index (χ1) is 19.0. The molecule has 7 aromatic rings. The molecule has 0 aliphatic rings. The SMILES string of the molecule is CC(=O)/C=C(/C)O.[Ir].[c-]1ccccc1-c1cc(-c2cc3c4ccccc4sc3c3sc4ccccc4c23)ccn1. The van der Waals surface area contributed by atoms with E-state index in [1.54, 1.807) is 0 Å². The van der Waals surface area contributed by atoms with E-state index in [0.29, 0.717) is 0 Å². The van der Waals surface area contributed by atoms with Crippen molar-refractivity contribution < 1.29 is 30.0 Å². The van der Waals surface area contributed by atoms with Crippen LogP contribution in [0.1, 0.15) is 13.8 Å². The minimum absolute atomic E-state index is 0. The van der Waals surface area contributed by atoms with E-state index in [9.17, 15) is 4.79 Å². The molecule has 3 nitrogen and oxygen atoms in total. The van der Waals surface area contributed by atoms with Gasteiger partial charge in [-0.2, -0.15) is 0 Å². The molecule has 0 saturated heterocycles. The smallest absolute Gasteiger partial charge is 0.155 e. The third-order valence-corrected chi connectivity index (χ3v) is 8.98. The van der Waals surface area contributed by atoms with Crippen LogP contribution in [-0.4, -0.2) is 15.9 Å². The van der Waals surface area contributed by atoms with Crippen molar-refractivity contribution in [1.82, 2.24) is 4.98 Å². The van der Waals surface area contributed by atoms with E-state index < -0.39 is 0 Å². The number of rotatable bonds is 3. The average molecular weight is 735 g/mol. The molecule has 0 unspecified atom stereocenters. The van der Waals surface area contributed by atoms with Gasteiger partial charge in [0.15, 0.2) is 5.78 Å². The van der Waals surface area contributed by atoms with Crippen molar-refractivity contribution in [3.05, 3.63) is 115 Å². The molecule has 1 N–H and O–H groups in total. The number of benzene rings is 4. The molecule has 4 aromatic carbocycles. The summed E-state index contributed by atoms with van der Waals surface area (Å²) >= 11 is 3.81. The van der Waals surface area contributed by atoms with Crippen LogP contribution in [0.5, 0.6) is 0 Å². The average Bonchev–Trinajstić information content (AvgIpc) is 3.52. The van der Waals surface area contributed by atoms with E-state index in [2.05, 4.69) is 83.8 Å². The Morgan fingerprint density at radius 2 is 1.50 bits per heavy atom. The standard InChI is InChI=1S/C29H16NS2.C5H8O2.Ir/c1-2-8-18(9-3-1)24-16-19(14-15-30-24)22-17-23-20-10-4-6-12-25(20)31-28(23)29-27(22)21-11-5-7-13-26(21)32-29;1-4(6)3-5(2)7;/h1-8,10-17H;3,6H,1-2H3;/q-1;;/b;4-3-;. The Hall–Kier alpha value is -3.67. The van der Waals surface area contributed by atoms with Crippen LogP contribution < -0.4 is 0 Å². The van der Waals surface area contributed by atoms with Crippen LogP contribution in [0, 0.1) is 6.07 Å². The van der Waals surface area contributed by atoms with Gasteiger partial charge in [-0.15, -0.1) is 58.6 Å². The van der Waals surface area contributed by atoms with E-state index in [1.807, 2.05) is 47.1 Å². The van der Waals surface area contributed by atoms with Crippen LogP contribution in [-0.2, 0) is 24.9 Å². The first-order valence-corrected chi connectivity index (χ1v) is 14.2. The fraction of sp³-hybridized carbons (Fsp3) is 0.0588. The van der Waals surface area contributed by atoms with Crippen LogP contribution in [0.15, 0.2) is 109 Å². The molecule has 40 heavy (non-hydrogen) atoms. The zero-order valence-corrected chi connectivity index (χ0v) is 25.8. The molecule has 0 saturated carbocycles. The van der Waals surface area contributed by atoms with Gasteiger partial charge in [-0.3, -0.25) is 4.79 Å². The maximum atomic E-state index is 10.0. The van der Waals surface area contributed by atoms with Crippen molar-refractivity contribution in [2.45, 2.75) is 13.8 Å². The predicted molar refractivity (Wildman–Crippen MR) is 167 cm³/mol. The minimum atomic E-state index is -0.125. The van der Waals surface area contributed by atoms with Gasteiger partial charge in [-0.05, 0) is 54.9 Å². The van der Waals surface area contributed by atoms with Crippen molar-refractivity contribution in [3.8, 4) is 22.4 Å². The number of aliphatic hydroxyl groups excluding tert-OH is 1. The number of hydrogen-bond acceptors (Lipinski definition) is 5. The van der Waals surface area contributed by atoms with Crippen molar-refractivity contribution in [2.24, 2.45) is 0 Å². The zero-order valence-electron chi connectivity index (χ0n) is 21.8. The van der Waals surface area contributed by atoms with Gasteiger partial charge in [0.2, 0.25) is 0 Å². The maximum Gasteiger partial charge on any atom is 0.155 e. The fourth-order valence-corrected chi connectivity index (χ4v) is 7.44. The Morgan fingerprint density at radius 1 is 0.825 bits per heavy atom. The molecular weight excluding hydrogens is 711 g/mol. The molecule has 0 fully saturated rings. The third kappa shape index (κ3) is 5.36.